The molecule has 0 saturated heterocycles. The Balaban J connectivity index is 2.18. The van der Waals surface area contributed by atoms with Crippen molar-refractivity contribution in [2.45, 2.75) is 55.9 Å². The van der Waals surface area contributed by atoms with Crippen LogP contribution in [-0.4, -0.2) is 23.6 Å². The number of esters is 1. The minimum Gasteiger partial charge on any atom is -0.469 e. The Hall–Kier alpha value is -0.180. The van der Waals surface area contributed by atoms with Crippen LogP contribution in [0.2, 0.25) is 0 Å². The van der Waals surface area contributed by atoms with E-state index in [9.17, 15) is 4.79 Å². The second-order valence-electron chi connectivity index (χ2n) is 3.99. The third-order valence-electron chi connectivity index (χ3n) is 2.66. The van der Waals surface area contributed by atoms with Gasteiger partial charge in [-0.1, -0.05) is 26.2 Å². The highest BCUT2D eigenvalue weighted by molar-refractivity contribution is 8.00. The lowest BCUT2D eigenvalue weighted by atomic mass is 10.0. The van der Waals surface area contributed by atoms with E-state index in [2.05, 4.69) is 11.7 Å². The van der Waals surface area contributed by atoms with Gasteiger partial charge in [-0.2, -0.15) is 11.8 Å². The predicted molar refractivity (Wildman–Crippen MR) is 60.6 cm³/mol. The molecule has 0 heterocycles. The lowest BCUT2D eigenvalue weighted by molar-refractivity contribution is -0.140. The lowest BCUT2D eigenvalue weighted by Crippen LogP contribution is -2.15. The summed E-state index contributed by atoms with van der Waals surface area (Å²) in [6, 6.07) is 0. The van der Waals surface area contributed by atoms with Crippen LogP contribution in [-0.2, 0) is 9.53 Å². The predicted octanol–water partition coefficient (Wildman–Crippen LogP) is 3.00. The highest BCUT2D eigenvalue weighted by Crippen LogP contribution is 2.31. The summed E-state index contributed by atoms with van der Waals surface area (Å²) in [5, 5.41) is 1.19. The Morgan fingerprint density at radius 2 is 2.07 bits per heavy atom. The van der Waals surface area contributed by atoms with Crippen LogP contribution in [0.4, 0.5) is 0 Å². The largest absolute Gasteiger partial charge is 0.469 e. The van der Waals surface area contributed by atoms with Crippen molar-refractivity contribution >= 4 is 17.7 Å². The molecule has 0 spiro atoms. The second-order valence-corrected chi connectivity index (χ2v) is 5.73. The van der Waals surface area contributed by atoms with Crippen LogP contribution >= 0.6 is 11.8 Å². The number of rotatable bonds is 4. The Morgan fingerprint density at radius 1 is 1.43 bits per heavy atom. The number of carbonyl (C=O) groups is 1. The van der Waals surface area contributed by atoms with Gasteiger partial charge in [-0.05, 0) is 12.8 Å². The molecule has 82 valence electrons. The van der Waals surface area contributed by atoms with Gasteiger partial charge in [0.05, 0.1) is 13.5 Å². The van der Waals surface area contributed by atoms with Crippen molar-refractivity contribution in [2.24, 2.45) is 0 Å². The lowest BCUT2D eigenvalue weighted by Gasteiger charge is -2.23. The molecule has 1 rings (SSSR count). The topological polar surface area (TPSA) is 26.3 Å². The highest BCUT2D eigenvalue weighted by atomic mass is 32.2. The third-order valence-corrected chi connectivity index (χ3v) is 4.15. The molecular weight excluding hydrogens is 196 g/mol. The first-order chi connectivity index (χ1) is 6.72. The number of ether oxygens (including phenoxy) is 1. The van der Waals surface area contributed by atoms with Gasteiger partial charge in [-0.25, -0.2) is 0 Å². The zero-order valence-electron chi connectivity index (χ0n) is 9.12. The first-order valence-corrected chi connectivity index (χ1v) is 6.39. The number of hydrogen-bond acceptors (Lipinski definition) is 3. The summed E-state index contributed by atoms with van der Waals surface area (Å²) in [4.78, 5) is 11.0. The van der Waals surface area contributed by atoms with Gasteiger partial charge in [-0.3, -0.25) is 4.79 Å². The van der Waals surface area contributed by atoms with Crippen LogP contribution in [0.15, 0.2) is 0 Å². The van der Waals surface area contributed by atoms with Crippen LogP contribution in [0, 0.1) is 0 Å². The van der Waals surface area contributed by atoms with Gasteiger partial charge in [0.1, 0.15) is 0 Å². The van der Waals surface area contributed by atoms with Gasteiger partial charge in [0, 0.05) is 10.5 Å². The average molecular weight is 216 g/mol. The minimum absolute atomic E-state index is 0.0826. The first-order valence-electron chi connectivity index (χ1n) is 5.44. The quantitative estimate of drug-likeness (QED) is 0.676. The minimum atomic E-state index is -0.0826. The molecule has 0 aliphatic heterocycles. The average Bonchev–Trinajstić information content (AvgIpc) is 2.19. The summed E-state index contributed by atoms with van der Waals surface area (Å²) in [6.07, 6.45) is 7.33. The maximum absolute atomic E-state index is 11.0. The van der Waals surface area contributed by atoms with Crippen molar-refractivity contribution in [3.63, 3.8) is 0 Å². The third kappa shape index (κ3) is 4.36. The van der Waals surface area contributed by atoms with Crippen LogP contribution in [0.25, 0.3) is 0 Å². The van der Waals surface area contributed by atoms with E-state index in [-0.39, 0.29) is 5.97 Å². The molecule has 1 saturated carbocycles. The standard InChI is InChI=1S/C11H20O2S/c1-9(8-11(12)13-2)14-10-6-4-3-5-7-10/h9-10H,3-8H2,1-2H3. The molecule has 0 N–H and O–H groups in total. The Labute approximate surface area is 90.8 Å². The van der Waals surface area contributed by atoms with Gasteiger partial charge in [0.25, 0.3) is 0 Å². The molecule has 1 aliphatic rings. The maximum atomic E-state index is 11.0. The summed E-state index contributed by atoms with van der Waals surface area (Å²) >= 11 is 1.96. The molecule has 0 radical (unpaired) electrons. The Morgan fingerprint density at radius 3 is 2.64 bits per heavy atom. The fourth-order valence-electron chi connectivity index (χ4n) is 1.90. The van der Waals surface area contributed by atoms with E-state index in [0.29, 0.717) is 11.7 Å². The molecule has 0 bridgehead atoms. The van der Waals surface area contributed by atoms with Crippen molar-refractivity contribution in [3.05, 3.63) is 0 Å². The zero-order chi connectivity index (χ0) is 10.4. The second kappa shape index (κ2) is 6.33. The van der Waals surface area contributed by atoms with Gasteiger partial charge in [-0.15, -0.1) is 0 Å². The van der Waals surface area contributed by atoms with Crippen LogP contribution < -0.4 is 0 Å². The molecule has 1 unspecified atom stereocenters. The van der Waals surface area contributed by atoms with E-state index in [1.165, 1.54) is 39.2 Å². The van der Waals surface area contributed by atoms with Crippen molar-refractivity contribution < 1.29 is 9.53 Å². The maximum Gasteiger partial charge on any atom is 0.306 e. The monoisotopic (exact) mass is 216 g/mol. The fraction of sp³-hybridized carbons (Fsp3) is 0.909. The summed E-state index contributed by atoms with van der Waals surface area (Å²) < 4.78 is 4.66. The molecule has 1 fully saturated rings. The SMILES string of the molecule is COC(=O)CC(C)SC1CCCCC1. The van der Waals surface area contributed by atoms with Crippen molar-refractivity contribution in [3.8, 4) is 0 Å². The molecule has 0 aromatic carbocycles. The van der Waals surface area contributed by atoms with Crippen LogP contribution in [0.5, 0.6) is 0 Å². The van der Waals surface area contributed by atoms with Crippen molar-refractivity contribution in [2.75, 3.05) is 7.11 Å². The zero-order valence-corrected chi connectivity index (χ0v) is 9.94. The van der Waals surface area contributed by atoms with Gasteiger partial charge in [0.15, 0.2) is 0 Å². The van der Waals surface area contributed by atoms with E-state index in [1.54, 1.807) is 0 Å². The van der Waals surface area contributed by atoms with Crippen LogP contribution in [0.3, 0.4) is 0 Å². The summed E-state index contributed by atoms with van der Waals surface area (Å²) in [7, 11) is 1.46. The smallest absolute Gasteiger partial charge is 0.306 e. The van der Waals surface area contributed by atoms with E-state index >= 15 is 0 Å². The van der Waals surface area contributed by atoms with Crippen LogP contribution in [0.1, 0.15) is 45.4 Å². The molecule has 0 amide bonds. The molecule has 1 atom stereocenters. The molecule has 2 nitrogen and oxygen atoms in total. The highest BCUT2D eigenvalue weighted by Gasteiger charge is 2.18. The van der Waals surface area contributed by atoms with Gasteiger partial charge >= 0.3 is 5.97 Å². The molecule has 3 heteroatoms. The van der Waals surface area contributed by atoms with E-state index in [4.69, 9.17) is 0 Å². The van der Waals surface area contributed by atoms with E-state index in [1.807, 2.05) is 11.8 Å². The number of thioether (sulfide) groups is 1. The summed E-state index contributed by atoms with van der Waals surface area (Å²) in [6.45, 7) is 2.12. The molecule has 0 aromatic heterocycles. The van der Waals surface area contributed by atoms with Crippen molar-refractivity contribution in [1.29, 1.82) is 0 Å². The van der Waals surface area contributed by atoms with Gasteiger partial charge in [0.2, 0.25) is 0 Å². The molecular formula is C11H20O2S. The summed E-state index contributed by atoms with van der Waals surface area (Å²) in [5.41, 5.74) is 0. The van der Waals surface area contributed by atoms with Gasteiger partial charge < -0.3 is 4.74 Å². The Bertz CT molecular complexity index is 176. The van der Waals surface area contributed by atoms with E-state index in [0.717, 1.165) is 5.25 Å². The number of methoxy groups -OCH3 is 1. The number of hydrogen-bond donors (Lipinski definition) is 0. The fourth-order valence-corrected chi connectivity index (χ4v) is 3.39. The first kappa shape index (κ1) is 11.9. The Kier molecular flexibility index (Phi) is 5.38. The van der Waals surface area contributed by atoms with Crippen molar-refractivity contribution in [1.82, 2.24) is 0 Å². The summed E-state index contributed by atoms with van der Waals surface area (Å²) in [5.74, 6) is -0.0826. The molecule has 0 aromatic rings. The molecule has 14 heavy (non-hydrogen) atoms. The molecule has 1 aliphatic carbocycles. The van der Waals surface area contributed by atoms with E-state index < -0.39 is 0 Å². The number of carbonyl (C=O) groups excluding carboxylic acids is 1. The normalized spacial score (nSPS) is 20.4.